The molecule has 1 unspecified atom stereocenters. The van der Waals surface area contributed by atoms with Crippen LogP contribution in [-0.4, -0.2) is 43.7 Å². The van der Waals surface area contributed by atoms with Crippen LogP contribution in [0.25, 0.3) is 11.3 Å². The number of furan rings is 1. The van der Waals surface area contributed by atoms with Crippen molar-refractivity contribution in [3.8, 4) is 11.3 Å². The van der Waals surface area contributed by atoms with Crippen LogP contribution in [0.1, 0.15) is 22.2 Å². The number of carbonyl (C=O) groups is 1. The van der Waals surface area contributed by atoms with Gasteiger partial charge in [-0.3, -0.25) is 9.69 Å². The van der Waals surface area contributed by atoms with Gasteiger partial charge in [0.1, 0.15) is 5.76 Å². The van der Waals surface area contributed by atoms with E-state index in [0.29, 0.717) is 10.8 Å². The number of hydrogen-bond donors (Lipinski definition) is 1. The summed E-state index contributed by atoms with van der Waals surface area (Å²) in [6.45, 7) is 3.87. The molecular formula is C23H23ClN2O3. The molecule has 6 heteroatoms. The van der Waals surface area contributed by atoms with Crippen LogP contribution in [-0.2, 0) is 4.74 Å². The number of hydrogen-bond acceptors (Lipinski definition) is 4. The first kappa shape index (κ1) is 19.7. The van der Waals surface area contributed by atoms with Gasteiger partial charge in [0.25, 0.3) is 5.91 Å². The van der Waals surface area contributed by atoms with Crippen LogP contribution in [0.5, 0.6) is 0 Å². The molecular weight excluding hydrogens is 388 g/mol. The molecule has 5 nitrogen and oxygen atoms in total. The van der Waals surface area contributed by atoms with Crippen LogP contribution in [0.2, 0.25) is 5.02 Å². The summed E-state index contributed by atoms with van der Waals surface area (Å²) in [6.07, 6.45) is 0. The minimum atomic E-state index is -0.245. The summed E-state index contributed by atoms with van der Waals surface area (Å²) in [5, 5.41) is 3.71. The largest absolute Gasteiger partial charge is 0.451 e. The average molecular weight is 411 g/mol. The molecule has 1 fully saturated rings. The second-order valence-corrected chi connectivity index (χ2v) is 7.40. The molecule has 1 amide bonds. The summed E-state index contributed by atoms with van der Waals surface area (Å²) in [5.41, 5.74) is 1.83. The normalized spacial score (nSPS) is 15.8. The lowest BCUT2D eigenvalue weighted by atomic mass is 10.1. The lowest BCUT2D eigenvalue weighted by Gasteiger charge is -2.31. The maximum absolute atomic E-state index is 12.9. The van der Waals surface area contributed by atoms with Crippen molar-refractivity contribution in [1.82, 2.24) is 10.2 Å². The summed E-state index contributed by atoms with van der Waals surface area (Å²) in [4.78, 5) is 15.2. The fourth-order valence-corrected chi connectivity index (χ4v) is 3.69. The first-order valence-corrected chi connectivity index (χ1v) is 10.1. The Morgan fingerprint density at radius 3 is 2.48 bits per heavy atom. The van der Waals surface area contributed by atoms with Crippen LogP contribution in [0.3, 0.4) is 0 Å². The van der Waals surface area contributed by atoms with Crippen LogP contribution >= 0.6 is 11.6 Å². The smallest absolute Gasteiger partial charge is 0.287 e. The van der Waals surface area contributed by atoms with Crippen molar-refractivity contribution >= 4 is 17.5 Å². The maximum Gasteiger partial charge on any atom is 0.287 e. The fourth-order valence-electron chi connectivity index (χ4n) is 3.46. The van der Waals surface area contributed by atoms with Gasteiger partial charge in [0.15, 0.2) is 5.76 Å². The number of benzene rings is 2. The molecule has 0 aliphatic carbocycles. The minimum absolute atomic E-state index is 0.143. The second-order valence-electron chi connectivity index (χ2n) is 6.99. The predicted molar refractivity (Wildman–Crippen MR) is 113 cm³/mol. The van der Waals surface area contributed by atoms with Crippen molar-refractivity contribution in [1.29, 1.82) is 0 Å². The molecule has 1 aromatic heterocycles. The molecule has 3 aromatic rings. The van der Waals surface area contributed by atoms with Crippen molar-refractivity contribution in [2.45, 2.75) is 6.04 Å². The van der Waals surface area contributed by atoms with Crippen molar-refractivity contribution in [3.05, 3.63) is 83.1 Å². The van der Waals surface area contributed by atoms with Crippen molar-refractivity contribution in [2.75, 3.05) is 32.8 Å². The number of nitrogens with one attached hydrogen (secondary N) is 1. The van der Waals surface area contributed by atoms with Crippen LogP contribution < -0.4 is 5.32 Å². The summed E-state index contributed by atoms with van der Waals surface area (Å²) in [5.74, 6) is 0.596. The zero-order valence-electron chi connectivity index (χ0n) is 16.0. The fraction of sp³-hybridized carbons (Fsp3) is 0.261. The maximum atomic E-state index is 12.9. The highest BCUT2D eigenvalue weighted by atomic mass is 35.5. The molecule has 0 radical (unpaired) electrons. The Balaban J connectivity index is 1.51. The topological polar surface area (TPSA) is 54.7 Å². The first-order valence-electron chi connectivity index (χ1n) is 9.71. The number of nitrogens with zero attached hydrogens (tertiary/aromatic N) is 1. The summed E-state index contributed by atoms with van der Waals surface area (Å²) < 4.78 is 11.2. The van der Waals surface area contributed by atoms with Gasteiger partial charge in [-0.15, -0.1) is 0 Å². The molecule has 0 bridgehead atoms. The highest BCUT2D eigenvalue weighted by molar-refractivity contribution is 6.33. The molecule has 150 valence electrons. The molecule has 2 aromatic carbocycles. The number of carbonyl (C=O) groups excluding carboxylic acids is 1. The van der Waals surface area contributed by atoms with Gasteiger partial charge in [0, 0.05) is 25.2 Å². The first-order chi connectivity index (χ1) is 14.2. The van der Waals surface area contributed by atoms with E-state index < -0.39 is 0 Å². The third kappa shape index (κ3) is 4.88. The van der Waals surface area contributed by atoms with E-state index in [1.54, 1.807) is 18.2 Å². The van der Waals surface area contributed by atoms with E-state index in [0.717, 1.165) is 44.0 Å². The third-order valence-electron chi connectivity index (χ3n) is 5.02. The van der Waals surface area contributed by atoms with E-state index in [1.807, 2.05) is 48.5 Å². The van der Waals surface area contributed by atoms with Gasteiger partial charge in [0.05, 0.1) is 24.3 Å². The van der Waals surface area contributed by atoms with E-state index in [1.165, 1.54) is 0 Å². The Kier molecular flexibility index (Phi) is 6.30. The number of rotatable bonds is 6. The van der Waals surface area contributed by atoms with Crippen molar-refractivity contribution in [3.63, 3.8) is 0 Å². The van der Waals surface area contributed by atoms with Gasteiger partial charge in [-0.05, 0) is 29.8 Å². The average Bonchev–Trinajstić information content (AvgIpc) is 3.25. The van der Waals surface area contributed by atoms with E-state index in [2.05, 4.69) is 10.2 Å². The highest BCUT2D eigenvalue weighted by Gasteiger charge is 2.22. The lowest BCUT2D eigenvalue weighted by Crippen LogP contribution is -2.43. The van der Waals surface area contributed by atoms with E-state index in [9.17, 15) is 4.79 Å². The summed E-state index contributed by atoms with van der Waals surface area (Å²) in [7, 11) is 0. The minimum Gasteiger partial charge on any atom is -0.451 e. The Morgan fingerprint density at radius 1 is 1.00 bits per heavy atom. The molecule has 1 aliphatic rings. The van der Waals surface area contributed by atoms with Gasteiger partial charge in [-0.1, -0.05) is 54.1 Å². The molecule has 29 heavy (non-hydrogen) atoms. The monoisotopic (exact) mass is 410 g/mol. The molecule has 1 atom stereocenters. The lowest BCUT2D eigenvalue weighted by molar-refractivity contribution is 0.0331. The van der Waals surface area contributed by atoms with Gasteiger partial charge in [-0.2, -0.15) is 0 Å². The molecule has 0 saturated carbocycles. The summed E-state index contributed by atoms with van der Waals surface area (Å²) in [6, 6.07) is 20.7. The van der Waals surface area contributed by atoms with E-state index in [-0.39, 0.29) is 17.7 Å². The quantitative estimate of drug-likeness (QED) is 0.654. The Labute approximate surface area is 175 Å². The van der Waals surface area contributed by atoms with Crippen molar-refractivity contribution < 1.29 is 13.9 Å². The molecule has 4 rings (SSSR count). The molecule has 2 heterocycles. The summed E-state index contributed by atoms with van der Waals surface area (Å²) >= 11 is 6.24. The molecule has 1 N–H and O–H groups in total. The van der Waals surface area contributed by atoms with Gasteiger partial charge in [-0.25, -0.2) is 0 Å². The zero-order valence-corrected chi connectivity index (χ0v) is 16.8. The van der Waals surface area contributed by atoms with Crippen LogP contribution in [0, 0.1) is 0 Å². The second kappa shape index (κ2) is 9.27. The predicted octanol–water partition coefficient (Wildman–Crippen LogP) is 4.40. The van der Waals surface area contributed by atoms with E-state index >= 15 is 0 Å². The Morgan fingerprint density at radius 2 is 1.72 bits per heavy atom. The number of morpholine rings is 1. The SMILES string of the molecule is O=C(NC(CN1CCOCC1)c1ccccc1)c1ccc(-c2ccccc2Cl)o1. The van der Waals surface area contributed by atoms with Gasteiger partial charge in [0.2, 0.25) is 0 Å². The Hall–Kier alpha value is -2.60. The van der Waals surface area contributed by atoms with E-state index in [4.69, 9.17) is 20.8 Å². The highest BCUT2D eigenvalue weighted by Crippen LogP contribution is 2.29. The Bertz CT molecular complexity index is 952. The third-order valence-corrected chi connectivity index (χ3v) is 5.35. The number of ether oxygens (including phenoxy) is 1. The van der Waals surface area contributed by atoms with Gasteiger partial charge < -0.3 is 14.5 Å². The standard InChI is InChI=1S/C23H23ClN2O3/c24-19-9-5-4-8-18(19)21-10-11-22(29-21)23(27)25-20(17-6-2-1-3-7-17)16-26-12-14-28-15-13-26/h1-11,20H,12-16H2,(H,25,27). The molecule has 1 saturated heterocycles. The number of halogens is 1. The number of amides is 1. The van der Waals surface area contributed by atoms with Crippen LogP contribution in [0.15, 0.2) is 71.1 Å². The van der Waals surface area contributed by atoms with Gasteiger partial charge >= 0.3 is 0 Å². The molecule has 1 aliphatic heterocycles. The molecule has 0 spiro atoms. The van der Waals surface area contributed by atoms with Crippen molar-refractivity contribution in [2.24, 2.45) is 0 Å². The van der Waals surface area contributed by atoms with Crippen LogP contribution in [0.4, 0.5) is 0 Å². The zero-order chi connectivity index (χ0) is 20.1.